The summed E-state index contributed by atoms with van der Waals surface area (Å²) in [4.78, 5) is 2.31. The van der Waals surface area contributed by atoms with Crippen LogP contribution < -0.4 is 10.6 Å². The summed E-state index contributed by atoms with van der Waals surface area (Å²) in [7, 11) is 2.15. The molecule has 1 aliphatic heterocycles. The number of hydrogen-bond acceptors (Lipinski definition) is 3. The van der Waals surface area contributed by atoms with E-state index < -0.39 is 0 Å². The third kappa shape index (κ3) is 4.22. The lowest BCUT2D eigenvalue weighted by atomic mass is 10.0. The van der Waals surface area contributed by atoms with Crippen molar-refractivity contribution in [2.75, 3.05) is 25.1 Å². The van der Waals surface area contributed by atoms with E-state index in [0.29, 0.717) is 6.10 Å². The van der Waals surface area contributed by atoms with Crippen molar-refractivity contribution in [3.63, 3.8) is 0 Å². The highest BCUT2D eigenvalue weighted by atomic mass is 16.5. The van der Waals surface area contributed by atoms with Crippen LogP contribution in [0.4, 0.5) is 5.69 Å². The van der Waals surface area contributed by atoms with E-state index in [2.05, 4.69) is 43.1 Å². The van der Waals surface area contributed by atoms with E-state index in [0.717, 1.165) is 19.6 Å². The molecule has 1 saturated heterocycles. The summed E-state index contributed by atoms with van der Waals surface area (Å²) >= 11 is 0. The van der Waals surface area contributed by atoms with Gasteiger partial charge in [-0.1, -0.05) is 18.2 Å². The molecule has 3 heteroatoms. The maximum Gasteiger partial charge on any atom is 0.0749 e. The Hall–Kier alpha value is -1.06. The van der Waals surface area contributed by atoms with E-state index in [1.54, 1.807) is 0 Å². The highest BCUT2D eigenvalue weighted by Gasteiger charge is 2.17. The lowest BCUT2D eigenvalue weighted by Crippen LogP contribution is -2.34. The summed E-state index contributed by atoms with van der Waals surface area (Å²) in [5.41, 5.74) is 8.55. The number of likely N-dealkylation sites (N-methyl/N-ethyl adjacent to an activating group) is 1. The highest BCUT2D eigenvalue weighted by molar-refractivity contribution is 5.53. The van der Waals surface area contributed by atoms with Gasteiger partial charge < -0.3 is 15.4 Å². The van der Waals surface area contributed by atoms with Crippen LogP contribution in [0.25, 0.3) is 0 Å². The van der Waals surface area contributed by atoms with Crippen molar-refractivity contribution in [2.24, 2.45) is 5.73 Å². The molecule has 0 radical (unpaired) electrons. The molecule has 0 bridgehead atoms. The van der Waals surface area contributed by atoms with Gasteiger partial charge in [-0.25, -0.2) is 0 Å². The minimum atomic E-state index is 0.195. The Bertz CT molecular complexity index is 386. The van der Waals surface area contributed by atoms with Crippen molar-refractivity contribution in [3.8, 4) is 0 Å². The van der Waals surface area contributed by atoms with Crippen molar-refractivity contribution >= 4 is 5.69 Å². The molecular formula is C16H26N2O. The number of anilines is 1. The summed E-state index contributed by atoms with van der Waals surface area (Å²) in [6, 6.07) is 8.74. The first-order valence-corrected chi connectivity index (χ1v) is 7.33. The van der Waals surface area contributed by atoms with Gasteiger partial charge in [0.2, 0.25) is 0 Å². The monoisotopic (exact) mass is 262 g/mol. The number of rotatable bonds is 5. The van der Waals surface area contributed by atoms with E-state index in [4.69, 9.17) is 10.5 Å². The second kappa shape index (κ2) is 6.92. The largest absolute Gasteiger partial charge is 0.376 e. The average molecular weight is 262 g/mol. The van der Waals surface area contributed by atoms with Crippen LogP contribution in [-0.2, 0) is 11.2 Å². The highest BCUT2D eigenvalue weighted by Crippen LogP contribution is 2.22. The first-order valence-electron chi connectivity index (χ1n) is 7.33. The maximum absolute atomic E-state index is 5.93. The summed E-state index contributed by atoms with van der Waals surface area (Å²) in [5, 5.41) is 0. The smallest absolute Gasteiger partial charge is 0.0749 e. The third-order valence-electron chi connectivity index (χ3n) is 3.70. The third-order valence-corrected chi connectivity index (χ3v) is 3.70. The van der Waals surface area contributed by atoms with Crippen LogP contribution in [0.5, 0.6) is 0 Å². The van der Waals surface area contributed by atoms with Crippen molar-refractivity contribution in [2.45, 2.75) is 44.8 Å². The summed E-state index contributed by atoms with van der Waals surface area (Å²) in [6.07, 6.45) is 4.98. The van der Waals surface area contributed by atoms with Crippen LogP contribution in [0.15, 0.2) is 24.3 Å². The number of nitrogens with zero attached hydrogens (tertiary/aromatic N) is 1. The Morgan fingerprint density at radius 1 is 1.37 bits per heavy atom. The Kier molecular flexibility index (Phi) is 5.23. The van der Waals surface area contributed by atoms with Crippen molar-refractivity contribution in [1.29, 1.82) is 0 Å². The fourth-order valence-electron chi connectivity index (χ4n) is 2.76. The Balaban J connectivity index is 2.02. The summed E-state index contributed by atoms with van der Waals surface area (Å²) in [5.74, 6) is 0. The predicted octanol–water partition coefficient (Wildman–Crippen LogP) is 2.58. The number of benzene rings is 1. The molecule has 3 nitrogen and oxygen atoms in total. The van der Waals surface area contributed by atoms with Gasteiger partial charge in [0, 0.05) is 31.9 Å². The van der Waals surface area contributed by atoms with Gasteiger partial charge in [0.15, 0.2) is 0 Å². The zero-order valence-electron chi connectivity index (χ0n) is 12.1. The second-order valence-corrected chi connectivity index (χ2v) is 5.68. The van der Waals surface area contributed by atoms with Gasteiger partial charge in [-0.2, -0.15) is 0 Å². The first-order chi connectivity index (χ1) is 9.16. The van der Waals surface area contributed by atoms with Crippen molar-refractivity contribution < 1.29 is 4.74 Å². The molecule has 0 saturated carbocycles. The molecule has 2 rings (SSSR count). The molecule has 0 spiro atoms. The number of para-hydroxylation sites is 1. The molecule has 1 aromatic rings. The maximum atomic E-state index is 5.93. The molecule has 106 valence electrons. The van der Waals surface area contributed by atoms with E-state index >= 15 is 0 Å². The molecule has 2 N–H and O–H groups in total. The van der Waals surface area contributed by atoms with Crippen LogP contribution in [0.1, 0.15) is 31.7 Å². The Labute approximate surface area is 116 Å². The average Bonchev–Trinajstić information content (AvgIpc) is 2.39. The van der Waals surface area contributed by atoms with Gasteiger partial charge in [-0.05, 0) is 44.2 Å². The van der Waals surface area contributed by atoms with Crippen LogP contribution in [0, 0.1) is 0 Å². The summed E-state index contributed by atoms with van der Waals surface area (Å²) < 4.78 is 5.82. The molecule has 0 aliphatic carbocycles. The zero-order valence-corrected chi connectivity index (χ0v) is 12.1. The first kappa shape index (κ1) is 14.4. The minimum Gasteiger partial charge on any atom is -0.376 e. The van der Waals surface area contributed by atoms with E-state index in [-0.39, 0.29) is 6.04 Å². The predicted molar refractivity (Wildman–Crippen MR) is 80.7 cm³/mol. The number of ether oxygens (including phenoxy) is 1. The van der Waals surface area contributed by atoms with Gasteiger partial charge in [-0.15, -0.1) is 0 Å². The molecule has 1 aliphatic rings. The zero-order chi connectivity index (χ0) is 13.7. The molecule has 0 aromatic heterocycles. The van der Waals surface area contributed by atoms with Crippen molar-refractivity contribution in [1.82, 2.24) is 0 Å². The lowest BCUT2D eigenvalue weighted by molar-refractivity contribution is 0.0216. The van der Waals surface area contributed by atoms with E-state index in [9.17, 15) is 0 Å². The lowest BCUT2D eigenvalue weighted by Gasteiger charge is -2.30. The van der Waals surface area contributed by atoms with Crippen LogP contribution >= 0.6 is 0 Å². The molecule has 0 amide bonds. The Morgan fingerprint density at radius 3 is 2.84 bits per heavy atom. The van der Waals surface area contributed by atoms with E-state index in [1.807, 2.05) is 0 Å². The SMILES string of the molecule is CC(N)Cc1ccccc1N(C)CC1CCCCO1. The topological polar surface area (TPSA) is 38.5 Å². The molecule has 19 heavy (non-hydrogen) atoms. The summed E-state index contributed by atoms with van der Waals surface area (Å²) in [6.45, 7) is 3.94. The Morgan fingerprint density at radius 2 is 2.16 bits per heavy atom. The van der Waals surface area contributed by atoms with Gasteiger partial charge in [0.05, 0.1) is 6.10 Å². The number of hydrogen-bond donors (Lipinski definition) is 1. The van der Waals surface area contributed by atoms with Crippen molar-refractivity contribution in [3.05, 3.63) is 29.8 Å². The number of nitrogens with two attached hydrogens (primary N) is 1. The second-order valence-electron chi connectivity index (χ2n) is 5.68. The quantitative estimate of drug-likeness (QED) is 0.886. The van der Waals surface area contributed by atoms with Gasteiger partial charge >= 0.3 is 0 Å². The minimum absolute atomic E-state index is 0.195. The van der Waals surface area contributed by atoms with Gasteiger partial charge in [0.25, 0.3) is 0 Å². The fraction of sp³-hybridized carbons (Fsp3) is 0.625. The van der Waals surface area contributed by atoms with Crippen LogP contribution in [-0.4, -0.2) is 32.3 Å². The van der Waals surface area contributed by atoms with E-state index in [1.165, 1.54) is 30.5 Å². The molecule has 2 unspecified atom stereocenters. The normalized spacial score (nSPS) is 21.1. The van der Waals surface area contributed by atoms with Crippen LogP contribution in [0.3, 0.4) is 0 Å². The van der Waals surface area contributed by atoms with Gasteiger partial charge in [0.1, 0.15) is 0 Å². The molecule has 1 aromatic carbocycles. The standard InChI is InChI=1S/C16H26N2O/c1-13(17)11-14-7-3-4-9-16(14)18(2)12-15-8-5-6-10-19-15/h3-4,7,9,13,15H,5-6,8,10-12,17H2,1-2H3. The molecule has 1 fully saturated rings. The molecule has 1 heterocycles. The fourth-order valence-corrected chi connectivity index (χ4v) is 2.76. The molecule has 2 atom stereocenters. The molecular weight excluding hydrogens is 236 g/mol. The van der Waals surface area contributed by atoms with Crippen LogP contribution in [0.2, 0.25) is 0 Å². The van der Waals surface area contributed by atoms with Gasteiger partial charge in [-0.3, -0.25) is 0 Å².